The van der Waals surface area contributed by atoms with Gasteiger partial charge in [-0.25, -0.2) is 0 Å². The van der Waals surface area contributed by atoms with Crippen LogP contribution >= 0.6 is 15.9 Å². The van der Waals surface area contributed by atoms with Crippen molar-refractivity contribution in [3.63, 3.8) is 0 Å². The van der Waals surface area contributed by atoms with Gasteiger partial charge in [0.15, 0.2) is 0 Å². The number of carbonyl (C=O) groups is 2. The second-order valence-corrected chi connectivity index (χ2v) is 4.48. The lowest BCUT2D eigenvalue weighted by Gasteiger charge is -2.07. The minimum atomic E-state index is -0.747. The third-order valence-corrected chi connectivity index (χ3v) is 2.94. The van der Waals surface area contributed by atoms with Crippen molar-refractivity contribution in [3.8, 4) is 0 Å². The molecule has 0 radical (unpaired) electrons. The standard InChI is InChI=1S/C13H10BrN3O2/c14-10-5-1-2-6-11(10)17-13(19)12(18)16-9-4-3-7-15-8-9/h1-8H,(H,16,18)(H,17,19). The normalized spacial score (nSPS) is 9.74. The van der Waals surface area contributed by atoms with Gasteiger partial charge in [-0.3, -0.25) is 14.6 Å². The summed E-state index contributed by atoms with van der Waals surface area (Å²) in [4.78, 5) is 27.2. The molecule has 5 nitrogen and oxygen atoms in total. The maximum Gasteiger partial charge on any atom is 0.314 e. The molecule has 0 atom stereocenters. The first kappa shape index (κ1) is 13.2. The van der Waals surface area contributed by atoms with Crippen molar-refractivity contribution in [1.82, 2.24) is 4.98 Å². The van der Waals surface area contributed by atoms with Crippen molar-refractivity contribution in [3.05, 3.63) is 53.3 Å². The molecule has 96 valence electrons. The molecule has 0 bridgehead atoms. The van der Waals surface area contributed by atoms with Crippen molar-refractivity contribution in [2.75, 3.05) is 10.6 Å². The molecule has 6 heteroatoms. The summed E-state index contributed by atoms with van der Waals surface area (Å²) < 4.78 is 0.706. The molecule has 0 aliphatic rings. The quantitative estimate of drug-likeness (QED) is 0.835. The van der Waals surface area contributed by atoms with Crippen LogP contribution in [-0.4, -0.2) is 16.8 Å². The summed E-state index contributed by atoms with van der Waals surface area (Å²) >= 11 is 3.28. The lowest BCUT2D eigenvalue weighted by atomic mass is 10.3. The number of anilines is 2. The molecule has 2 rings (SSSR count). The zero-order valence-corrected chi connectivity index (χ0v) is 11.3. The Morgan fingerprint density at radius 3 is 2.42 bits per heavy atom. The number of benzene rings is 1. The molecule has 2 N–H and O–H groups in total. The summed E-state index contributed by atoms with van der Waals surface area (Å²) in [5.74, 6) is -1.49. The number of aromatic nitrogens is 1. The molecule has 2 amide bonds. The van der Waals surface area contributed by atoms with Crippen molar-refractivity contribution in [1.29, 1.82) is 0 Å². The van der Waals surface area contributed by atoms with E-state index < -0.39 is 11.8 Å². The van der Waals surface area contributed by atoms with Gasteiger partial charge in [0.25, 0.3) is 0 Å². The molecule has 0 fully saturated rings. The third-order valence-electron chi connectivity index (χ3n) is 2.25. The molecule has 0 spiro atoms. The minimum absolute atomic E-state index is 0.467. The molecule has 0 aliphatic heterocycles. The fraction of sp³-hybridized carbons (Fsp3) is 0. The number of pyridine rings is 1. The van der Waals surface area contributed by atoms with Gasteiger partial charge in [-0.05, 0) is 40.2 Å². The fourth-order valence-corrected chi connectivity index (χ4v) is 1.75. The van der Waals surface area contributed by atoms with Crippen LogP contribution in [0.2, 0.25) is 0 Å². The van der Waals surface area contributed by atoms with E-state index in [-0.39, 0.29) is 0 Å². The van der Waals surface area contributed by atoms with Gasteiger partial charge in [0.2, 0.25) is 0 Å². The molecule has 1 aromatic carbocycles. The maximum absolute atomic E-state index is 11.7. The predicted molar refractivity (Wildman–Crippen MR) is 75.6 cm³/mol. The average molecular weight is 320 g/mol. The van der Waals surface area contributed by atoms with Crippen LogP contribution in [0, 0.1) is 0 Å². The Morgan fingerprint density at radius 1 is 1.00 bits per heavy atom. The highest BCUT2D eigenvalue weighted by molar-refractivity contribution is 9.10. The molecular weight excluding hydrogens is 310 g/mol. The largest absolute Gasteiger partial charge is 0.317 e. The van der Waals surface area contributed by atoms with E-state index in [1.807, 2.05) is 6.07 Å². The Hall–Kier alpha value is -2.21. The van der Waals surface area contributed by atoms with Crippen molar-refractivity contribution < 1.29 is 9.59 Å². The van der Waals surface area contributed by atoms with Gasteiger partial charge in [-0.1, -0.05) is 12.1 Å². The van der Waals surface area contributed by atoms with Crippen LogP contribution in [-0.2, 0) is 9.59 Å². The van der Waals surface area contributed by atoms with Gasteiger partial charge >= 0.3 is 11.8 Å². The van der Waals surface area contributed by atoms with Gasteiger partial charge < -0.3 is 10.6 Å². The first-order valence-electron chi connectivity index (χ1n) is 5.43. The van der Waals surface area contributed by atoms with Gasteiger partial charge in [0.1, 0.15) is 0 Å². The highest BCUT2D eigenvalue weighted by atomic mass is 79.9. The zero-order chi connectivity index (χ0) is 13.7. The molecule has 0 aliphatic carbocycles. The second-order valence-electron chi connectivity index (χ2n) is 3.63. The summed E-state index contributed by atoms with van der Waals surface area (Å²) in [6.45, 7) is 0. The summed E-state index contributed by atoms with van der Waals surface area (Å²) in [6.07, 6.45) is 3.04. The fourth-order valence-electron chi connectivity index (χ4n) is 1.37. The van der Waals surface area contributed by atoms with Crippen LogP contribution in [0.5, 0.6) is 0 Å². The van der Waals surface area contributed by atoms with Crippen molar-refractivity contribution in [2.24, 2.45) is 0 Å². The molecule has 19 heavy (non-hydrogen) atoms. The molecular formula is C13H10BrN3O2. The maximum atomic E-state index is 11.7. The van der Waals surface area contributed by atoms with Crippen molar-refractivity contribution >= 4 is 39.1 Å². The number of nitrogens with zero attached hydrogens (tertiary/aromatic N) is 1. The summed E-state index contributed by atoms with van der Waals surface area (Å²) in [5.41, 5.74) is 1.00. The number of rotatable bonds is 2. The number of amides is 2. The van der Waals surface area contributed by atoms with Gasteiger partial charge in [0, 0.05) is 10.7 Å². The first-order valence-corrected chi connectivity index (χ1v) is 6.23. The smallest absolute Gasteiger partial charge is 0.314 e. The molecule has 2 aromatic rings. The van der Waals surface area contributed by atoms with Gasteiger partial charge in [0.05, 0.1) is 17.6 Å². The van der Waals surface area contributed by atoms with E-state index in [2.05, 4.69) is 31.5 Å². The highest BCUT2D eigenvalue weighted by Crippen LogP contribution is 2.21. The van der Waals surface area contributed by atoms with Crippen LogP contribution in [0.15, 0.2) is 53.3 Å². The minimum Gasteiger partial charge on any atom is -0.317 e. The predicted octanol–water partition coefficient (Wildman–Crippen LogP) is 2.42. The second kappa shape index (κ2) is 6.10. The molecule has 0 saturated carbocycles. The van der Waals surface area contributed by atoms with E-state index >= 15 is 0 Å². The topological polar surface area (TPSA) is 71.1 Å². The van der Waals surface area contributed by atoms with Gasteiger partial charge in [-0.15, -0.1) is 0 Å². The molecule has 1 aromatic heterocycles. The third kappa shape index (κ3) is 3.62. The van der Waals surface area contributed by atoms with E-state index in [9.17, 15) is 9.59 Å². The monoisotopic (exact) mass is 319 g/mol. The van der Waals surface area contributed by atoms with Gasteiger partial charge in [-0.2, -0.15) is 0 Å². The first-order chi connectivity index (χ1) is 9.16. The lowest BCUT2D eigenvalue weighted by Crippen LogP contribution is -2.29. The summed E-state index contributed by atoms with van der Waals surface area (Å²) in [6, 6.07) is 10.4. The summed E-state index contributed by atoms with van der Waals surface area (Å²) in [7, 11) is 0. The Kier molecular flexibility index (Phi) is 4.25. The number of carbonyl (C=O) groups excluding carboxylic acids is 2. The van der Waals surface area contributed by atoms with Crippen LogP contribution in [0.1, 0.15) is 0 Å². The van der Waals surface area contributed by atoms with E-state index in [1.165, 1.54) is 6.20 Å². The van der Waals surface area contributed by atoms with Crippen molar-refractivity contribution in [2.45, 2.75) is 0 Å². The molecule has 0 saturated heterocycles. The highest BCUT2D eigenvalue weighted by Gasteiger charge is 2.14. The molecule has 0 unspecified atom stereocenters. The van der Waals surface area contributed by atoms with E-state index in [0.29, 0.717) is 15.8 Å². The van der Waals surface area contributed by atoms with E-state index in [4.69, 9.17) is 0 Å². The lowest BCUT2D eigenvalue weighted by molar-refractivity contribution is -0.133. The van der Waals surface area contributed by atoms with E-state index in [1.54, 1.807) is 36.5 Å². The Bertz CT molecular complexity index is 602. The number of para-hydroxylation sites is 1. The number of nitrogens with one attached hydrogen (secondary N) is 2. The van der Waals surface area contributed by atoms with Crippen LogP contribution in [0.25, 0.3) is 0 Å². The summed E-state index contributed by atoms with van der Waals surface area (Å²) in [5, 5.41) is 4.96. The number of hydrogen-bond donors (Lipinski definition) is 2. The van der Waals surface area contributed by atoms with Crippen LogP contribution < -0.4 is 10.6 Å². The Balaban J connectivity index is 2.01. The zero-order valence-electron chi connectivity index (χ0n) is 9.76. The van der Waals surface area contributed by atoms with Crippen LogP contribution in [0.4, 0.5) is 11.4 Å². The average Bonchev–Trinajstić information content (AvgIpc) is 2.42. The SMILES string of the molecule is O=C(Nc1cccnc1)C(=O)Nc1ccccc1Br. The Morgan fingerprint density at radius 2 is 1.74 bits per heavy atom. The Labute approximate surface area is 118 Å². The molecule has 1 heterocycles. The van der Waals surface area contributed by atoms with Crippen LogP contribution in [0.3, 0.4) is 0 Å². The van der Waals surface area contributed by atoms with E-state index in [0.717, 1.165) is 0 Å². The number of halogens is 1. The number of hydrogen-bond acceptors (Lipinski definition) is 3.